The Morgan fingerprint density at radius 2 is 0.833 bits per heavy atom. The van der Waals surface area contributed by atoms with Crippen LogP contribution in [0.15, 0.2) is 109 Å². The average Bonchev–Trinajstić information content (AvgIpc) is 3.34. The molecule has 3 unspecified atom stereocenters. The van der Waals surface area contributed by atoms with Crippen molar-refractivity contribution < 1.29 is 32.9 Å². The molecule has 0 aromatic carbocycles. The molecule has 9 heteroatoms. The summed E-state index contributed by atoms with van der Waals surface area (Å²) in [5.41, 5.74) is 0. The summed E-state index contributed by atoms with van der Waals surface area (Å²) in [6.07, 6.45) is 77.4. The van der Waals surface area contributed by atoms with Crippen molar-refractivity contribution in [3.8, 4) is 0 Å². The normalized spacial score (nSPS) is 14.7. The Kier molecular flexibility index (Phi) is 50.9. The van der Waals surface area contributed by atoms with Gasteiger partial charge in [0.1, 0.15) is 13.2 Å². The minimum atomic E-state index is -4.32. The third kappa shape index (κ3) is 54.9. The van der Waals surface area contributed by atoms with Crippen molar-refractivity contribution >= 4 is 13.7 Å². The van der Waals surface area contributed by atoms with Crippen LogP contribution in [0.3, 0.4) is 0 Å². The highest BCUT2D eigenvalue weighted by Gasteiger charge is 2.28. The maximum atomic E-state index is 12.9. The first-order chi connectivity index (χ1) is 35.0. The number of aliphatic hydroxyl groups is 1. The Labute approximate surface area is 444 Å². The minimum absolute atomic E-state index is 0.0707. The predicted molar refractivity (Wildman–Crippen MR) is 313 cm³/mol. The number of nitrogens with one attached hydrogen (secondary N) is 1. The third-order valence-electron chi connectivity index (χ3n) is 12.5. The Hall–Kier alpha value is -2.84. The number of allylic oxidation sites excluding steroid dienone is 18. The number of amides is 1. The molecule has 8 nitrogen and oxygen atoms in total. The van der Waals surface area contributed by atoms with Gasteiger partial charge in [0, 0.05) is 6.42 Å². The molecule has 0 aliphatic carbocycles. The van der Waals surface area contributed by atoms with Crippen LogP contribution in [-0.2, 0) is 18.4 Å². The lowest BCUT2D eigenvalue weighted by Gasteiger charge is -2.26. The fourth-order valence-electron chi connectivity index (χ4n) is 7.98. The summed E-state index contributed by atoms with van der Waals surface area (Å²) in [7, 11) is 1.60. The van der Waals surface area contributed by atoms with E-state index in [2.05, 4.69) is 129 Å². The molecule has 0 aliphatic heterocycles. The van der Waals surface area contributed by atoms with Crippen LogP contribution in [0.4, 0.5) is 0 Å². The second-order valence-corrected chi connectivity index (χ2v) is 22.1. The van der Waals surface area contributed by atoms with Crippen molar-refractivity contribution in [2.24, 2.45) is 0 Å². The summed E-state index contributed by atoms with van der Waals surface area (Å²) in [5.74, 6) is -0.152. The number of unbranched alkanes of at least 4 members (excludes halogenated alkanes) is 21. The van der Waals surface area contributed by atoms with Gasteiger partial charge in [0.2, 0.25) is 5.91 Å². The summed E-state index contributed by atoms with van der Waals surface area (Å²) in [6, 6.07) is -0.764. The number of carbonyl (C=O) groups excluding carboxylic acids is 1. The van der Waals surface area contributed by atoms with Gasteiger partial charge in [-0.25, -0.2) is 4.57 Å². The van der Waals surface area contributed by atoms with Crippen molar-refractivity contribution in [3.63, 3.8) is 0 Å². The van der Waals surface area contributed by atoms with Crippen LogP contribution in [0.2, 0.25) is 0 Å². The van der Waals surface area contributed by atoms with E-state index in [4.69, 9.17) is 9.05 Å². The molecule has 1 amide bonds. The molecule has 0 radical (unpaired) electrons. The first kappa shape index (κ1) is 69.2. The Morgan fingerprint density at radius 1 is 0.486 bits per heavy atom. The quantitative estimate of drug-likeness (QED) is 0.0243. The van der Waals surface area contributed by atoms with E-state index in [1.165, 1.54) is 109 Å². The lowest BCUT2D eigenvalue weighted by molar-refractivity contribution is -0.870. The molecule has 0 aliphatic rings. The zero-order chi connectivity index (χ0) is 52.7. The summed E-state index contributed by atoms with van der Waals surface area (Å²) >= 11 is 0. The summed E-state index contributed by atoms with van der Waals surface area (Å²) < 4.78 is 23.6. The summed E-state index contributed by atoms with van der Waals surface area (Å²) in [5, 5.41) is 13.9. The van der Waals surface area contributed by atoms with Crippen LogP contribution in [0.25, 0.3) is 0 Å². The van der Waals surface area contributed by atoms with Crippen LogP contribution in [0.1, 0.15) is 232 Å². The van der Waals surface area contributed by atoms with Crippen LogP contribution < -0.4 is 5.32 Å². The standard InChI is InChI=1S/C63H111N2O6P/c1-6-8-10-12-14-16-17-18-19-20-21-22-23-24-25-26-27-28-29-30-31-32-33-34-35-36-37-38-39-40-41-42-43-44-45-46-47-49-51-53-55-57-63(67)64-61(60-71-72(68,69)70-59-58-65(3,4)5)62(66)56-54-52-50-48-15-13-11-9-7-2/h8,10,14,16,18-19,21-22,24-25,27-28,30-31,33-34,36-37,61-62,66H,6-7,9,11-13,15,17,20,23,26,29,32,35,38-60H2,1-5H3,(H-,64,67,68,69)/p+1/b10-8-,16-14-,19-18-,22-21-,25-24-,28-27-,31-30-,34-33-,37-36-. The van der Waals surface area contributed by atoms with Gasteiger partial charge in [-0.05, 0) is 83.5 Å². The number of hydrogen-bond donors (Lipinski definition) is 3. The molecule has 3 atom stereocenters. The lowest BCUT2D eigenvalue weighted by Crippen LogP contribution is -2.46. The number of likely N-dealkylation sites (N-methyl/N-ethyl adjacent to an activating group) is 1. The van der Waals surface area contributed by atoms with Gasteiger partial charge in [0.15, 0.2) is 0 Å². The predicted octanol–water partition coefficient (Wildman–Crippen LogP) is 18.0. The van der Waals surface area contributed by atoms with E-state index < -0.39 is 20.0 Å². The van der Waals surface area contributed by atoms with Crippen molar-refractivity contribution in [1.82, 2.24) is 5.32 Å². The van der Waals surface area contributed by atoms with E-state index >= 15 is 0 Å². The first-order valence-electron chi connectivity index (χ1n) is 29.3. The van der Waals surface area contributed by atoms with Gasteiger partial charge in [-0.1, -0.05) is 252 Å². The molecule has 0 heterocycles. The van der Waals surface area contributed by atoms with E-state index in [1.807, 2.05) is 21.1 Å². The van der Waals surface area contributed by atoms with Crippen LogP contribution >= 0.6 is 7.82 Å². The van der Waals surface area contributed by atoms with Crippen molar-refractivity contribution in [3.05, 3.63) is 109 Å². The Balaban J connectivity index is 3.94. The number of aliphatic hydroxyl groups excluding tert-OH is 1. The highest BCUT2D eigenvalue weighted by Crippen LogP contribution is 2.43. The number of nitrogens with zero attached hydrogens (tertiary/aromatic N) is 1. The molecule has 3 N–H and O–H groups in total. The Bertz CT molecular complexity index is 1540. The maximum absolute atomic E-state index is 12.9. The van der Waals surface area contributed by atoms with Gasteiger partial charge in [-0.3, -0.25) is 13.8 Å². The number of hydrogen-bond acceptors (Lipinski definition) is 5. The van der Waals surface area contributed by atoms with Gasteiger partial charge in [-0.2, -0.15) is 0 Å². The largest absolute Gasteiger partial charge is 0.472 e. The van der Waals surface area contributed by atoms with E-state index in [0.29, 0.717) is 23.9 Å². The number of phosphoric ester groups is 1. The van der Waals surface area contributed by atoms with Gasteiger partial charge in [0.05, 0.1) is 39.9 Å². The number of phosphoric acid groups is 1. The molecule has 0 saturated carbocycles. The highest BCUT2D eigenvalue weighted by atomic mass is 31.2. The zero-order valence-corrected chi connectivity index (χ0v) is 48.0. The second kappa shape index (κ2) is 53.0. The third-order valence-corrected chi connectivity index (χ3v) is 13.5. The monoisotopic (exact) mass is 1020 g/mol. The molecule has 0 fully saturated rings. The lowest BCUT2D eigenvalue weighted by atomic mass is 10.0. The van der Waals surface area contributed by atoms with E-state index in [1.54, 1.807) is 0 Å². The van der Waals surface area contributed by atoms with E-state index in [9.17, 15) is 19.4 Å². The number of carbonyl (C=O) groups is 1. The smallest absolute Gasteiger partial charge is 0.391 e. The van der Waals surface area contributed by atoms with Gasteiger partial charge < -0.3 is 19.8 Å². The minimum Gasteiger partial charge on any atom is -0.391 e. The molecule has 0 bridgehead atoms. The van der Waals surface area contributed by atoms with Crippen LogP contribution in [0, 0.1) is 0 Å². The van der Waals surface area contributed by atoms with Crippen LogP contribution in [0.5, 0.6) is 0 Å². The molecule has 0 aromatic rings. The first-order valence-corrected chi connectivity index (χ1v) is 30.7. The SMILES string of the molecule is CC/C=C\C/C=C\C/C=C\C/C=C\C/C=C\C/C=C\C/C=C\C/C=C\C/C=C\CCCCCCCCCCCCCCCC(=O)NC(COP(=O)(O)OCC[N+](C)(C)C)C(O)CCCCCCCCCCC. The highest BCUT2D eigenvalue weighted by molar-refractivity contribution is 7.47. The van der Waals surface area contributed by atoms with E-state index in [0.717, 1.165) is 96.3 Å². The van der Waals surface area contributed by atoms with Crippen molar-refractivity contribution in [2.75, 3.05) is 40.9 Å². The molecule has 72 heavy (non-hydrogen) atoms. The van der Waals surface area contributed by atoms with Gasteiger partial charge in [0.25, 0.3) is 0 Å². The van der Waals surface area contributed by atoms with E-state index in [-0.39, 0.29) is 19.1 Å². The molecular formula is C63H112N2O6P+. The van der Waals surface area contributed by atoms with Gasteiger partial charge >= 0.3 is 7.82 Å². The fourth-order valence-corrected chi connectivity index (χ4v) is 8.72. The number of rotatable bonds is 52. The average molecular weight is 1020 g/mol. The molecule has 0 aromatic heterocycles. The Morgan fingerprint density at radius 3 is 1.22 bits per heavy atom. The maximum Gasteiger partial charge on any atom is 0.472 e. The van der Waals surface area contributed by atoms with Crippen molar-refractivity contribution in [1.29, 1.82) is 0 Å². The molecule has 0 saturated heterocycles. The molecule has 414 valence electrons. The number of quaternary nitrogens is 1. The molecule has 0 rings (SSSR count). The topological polar surface area (TPSA) is 105 Å². The molecule has 0 spiro atoms. The second-order valence-electron chi connectivity index (χ2n) is 20.6. The summed E-state index contributed by atoms with van der Waals surface area (Å²) in [6.45, 7) is 4.74. The van der Waals surface area contributed by atoms with Crippen LogP contribution in [-0.4, -0.2) is 73.4 Å². The van der Waals surface area contributed by atoms with Crippen molar-refractivity contribution in [2.45, 2.75) is 244 Å². The zero-order valence-electron chi connectivity index (χ0n) is 47.1. The van der Waals surface area contributed by atoms with Gasteiger partial charge in [-0.15, -0.1) is 0 Å². The molecular weight excluding hydrogens is 912 g/mol. The fraction of sp³-hybridized carbons (Fsp3) is 0.698. The summed E-state index contributed by atoms with van der Waals surface area (Å²) in [4.78, 5) is 23.2.